The minimum Gasteiger partial charge on any atom is -0.488 e. The lowest BCUT2D eigenvalue weighted by atomic mass is 10.00. The molecule has 0 amide bonds. The molecule has 0 aliphatic heterocycles. The maximum absolute atomic E-state index is 11.2. The third-order valence-electron chi connectivity index (χ3n) is 5.40. The van der Waals surface area contributed by atoms with E-state index in [1.165, 1.54) is 0 Å². The number of aliphatic hydroxyl groups is 1. The van der Waals surface area contributed by atoms with Gasteiger partial charge in [0.1, 0.15) is 23.7 Å². The summed E-state index contributed by atoms with van der Waals surface area (Å²) in [4.78, 5) is 11.2. The van der Waals surface area contributed by atoms with Crippen LogP contribution in [0.25, 0.3) is 22.1 Å². The van der Waals surface area contributed by atoms with Crippen LogP contribution in [0.2, 0.25) is 0 Å². The average Bonchev–Trinajstić information content (AvgIpc) is 3.14. The van der Waals surface area contributed by atoms with E-state index in [4.69, 9.17) is 20.0 Å². The number of aliphatic carboxylic acids is 1. The van der Waals surface area contributed by atoms with Crippen LogP contribution in [0.5, 0.6) is 5.75 Å². The normalized spacial score (nSPS) is 11.1. The maximum atomic E-state index is 11.2. The molecule has 0 unspecified atom stereocenters. The highest BCUT2D eigenvalue weighted by molar-refractivity contribution is 5.87. The number of ether oxygens (including phenoxy) is 1. The highest BCUT2D eigenvalue weighted by Gasteiger charge is 2.17. The van der Waals surface area contributed by atoms with Crippen molar-refractivity contribution in [1.82, 2.24) is 0 Å². The standard InChI is InChI=1S/C26H25NO5/c27-15-17-4-3-6-18(12-17)19-8-9-24-21(13-19)22(25(32-24)10-11-28)16-31-23-7-2-1-5-20(23)14-26(29)30/h1-9,12-13,28H,10-11,14-16,27H2,(H,29,30). The van der Waals surface area contributed by atoms with Gasteiger partial charge in [-0.25, -0.2) is 0 Å². The highest BCUT2D eigenvalue weighted by atomic mass is 16.5. The van der Waals surface area contributed by atoms with Crippen molar-refractivity contribution in [1.29, 1.82) is 0 Å². The number of nitrogens with two attached hydrogens (primary N) is 1. The van der Waals surface area contributed by atoms with Crippen molar-refractivity contribution in [3.05, 3.63) is 89.2 Å². The Kier molecular flexibility index (Phi) is 6.54. The van der Waals surface area contributed by atoms with Crippen molar-refractivity contribution in [2.45, 2.75) is 26.0 Å². The first-order valence-corrected chi connectivity index (χ1v) is 10.5. The largest absolute Gasteiger partial charge is 0.488 e. The van der Waals surface area contributed by atoms with Crippen LogP contribution in [0.15, 0.2) is 71.1 Å². The SMILES string of the molecule is NCc1cccc(-c2ccc3oc(CCO)c(COc4ccccc4CC(=O)O)c3c2)c1. The predicted octanol–water partition coefficient (Wildman–Crippen LogP) is 4.30. The molecule has 0 saturated carbocycles. The fraction of sp³-hybridized carbons (Fsp3) is 0.192. The van der Waals surface area contributed by atoms with Crippen LogP contribution in [0.1, 0.15) is 22.5 Å². The topological polar surface area (TPSA) is 106 Å². The average molecular weight is 431 g/mol. The smallest absolute Gasteiger partial charge is 0.307 e. The Morgan fingerprint density at radius 2 is 1.81 bits per heavy atom. The lowest BCUT2D eigenvalue weighted by Gasteiger charge is -2.11. The first kappa shape index (κ1) is 21.6. The zero-order valence-electron chi connectivity index (χ0n) is 17.6. The fourth-order valence-corrected chi connectivity index (χ4v) is 3.82. The molecule has 0 saturated heterocycles. The van der Waals surface area contributed by atoms with Crippen molar-refractivity contribution in [2.75, 3.05) is 6.61 Å². The number of carboxylic acid groups (broad SMARTS) is 1. The van der Waals surface area contributed by atoms with Crippen molar-refractivity contribution in [3.63, 3.8) is 0 Å². The van der Waals surface area contributed by atoms with E-state index in [-0.39, 0.29) is 19.6 Å². The molecule has 0 atom stereocenters. The van der Waals surface area contributed by atoms with Gasteiger partial charge < -0.3 is 25.1 Å². The van der Waals surface area contributed by atoms with Gasteiger partial charge in [-0.05, 0) is 41.0 Å². The Hall–Kier alpha value is -3.61. The van der Waals surface area contributed by atoms with Crippen LogP contribution in [0.3, 0.4) is 0 Å². The van der Waals surface area contributed by atoms with Gasteiger partial charge in [-0.1, -0.05) is 42.5 Å². The Labute approximate surface area is 185 Å². The third kappa shape index (κ3) is 4.66. The first-order valence-electron chi connectivity index (χ1n) is 10.5. The van der Waals surface area contributed by atoms with Gasteiger partial charge in [-0.3, -0.25) is 4.79 Å². The van der Waals surface area contributed by atoms with Crippen molar-refractivity contribution in [3.8, 4) is 16.9 Å². The molecule has 6 heteroatoms. The van der Waals surface area contributed by atoms with Gasteiger partial charge in [0.15, 0.2) is 0 Å². The molecule has 0 aliphatic rings. The second kappa shape index (κ2) is 9.68. The molecular weight excluding hydrogens is 406 g/mol. The zero-order valence-corrected chi connectivity index (χ0v) is 17.6. The Morgan fingerprint density at radius 3 is 2.59 bits per heavy atom. The van der Waals surface area contributed by atoms with Crippen LogP contribution in [0.4, 0.5) is 0 Å². The summed E-state index contributed by atoms with van der Waals surface area (Å²) >= 11 is 0. The summed E-state index contributed by atoms with van der Waals surface area (Å²) in [7, 11) is 0. The molecule has 0 aliphatic carbocycles. The fourth-order valence-electron chi connectivity index (χ4n) is 3.82. The number of carbonyl (C=O) groups is 1. The minimum absolute atomic E-state index is 0.0478. The molecule has 0 radical (unpaired) electrons. The molecule has 4 aromatic rings. The molecular formula is C26H25NO5. The van der Waals surface area contributed by atoms with Gasteiger partial charge in [0.05, 0.1) is 13.0 Å². The van der Waals surface area contributed by atoms with Crippen LogP contribution in [0, 0.1) is 0 Å². The summed E-state index contributed by atoms with van der Waals surface area (Å²) in [5.74, 6) is 0.261. The summed E-state index contributed by atoms with van der Waals surface area (Å²) in [6.07, 6.45) is 0.246. The van der Waals surface area contributed by atoms with Crippen LogP contribution in [-0.2, 0) is 30.8 Å². The molecule has 4 N–H and O–H groups in total. The van der Waals surface area contributed by atoms with Gasteiger partial charge in [0.2, 0.25) is 0 Å². The molecule has 0 spiro atoms. The minimum atomic E-state index is -0.917. The number of hydrogen-bond donors (Lipinski definition) is 3. The summed E-state index contributed by atoms with van der Waals surface area (Å²) < 4.78 is 12.0. The molecule has 164 valence electrons. The summed E-state index contributed by atoms with van der Waals surface area (Å²) in [5.41, 5.74) is 11.1. The summed E-state index contributed by atoms with van der Waals surface area (Å²) in [6.45, 7) is 0.621. The van der Waals surface area contributed by atoms with Crippen LogP contribution >= 0.6 is 0 Å². The number of rotatable bonds is 9. The van der Waals surface area contributed by atoms with Gasteiger partial charge >= 0.3 is 5.97 Å². The van der Waals surface area contributed by atoms with Gasteiger partial charge in [-0.2, -0.15) is 0 Å². The second-order valence-corrected chi connectivity index (χ2v) is 7.56. The van der Waals surface area contributed by atoms with Gasteiger partial charge in [-0.15, -0.1) is 0 Å². The van der Waals surface area contributed by atoms with Crippen molar-refractivity contribution < 1.29 is 24.2 Å². The number of fused-ring (bicyclic) bond motifs is 1. The molecule has 32 heavy (non-hydrogen) atoms. The molecule has 0 fully saturated rings. The quantitative estimate of drug-likeness (QED) is 0.365. The molecule has 6 nitrogen and oxygen atoms in total. The van der Waals surface area contributed by atoms with E-state index in [0.29, 0.717) is 35.6 Å². The Bertz CT molecular complexity index is 1240. The zero-order chi connectivity index (χ0) is 22.5. The van der Waals surface area contributed by atoms with Gasteiger partial charge in [0, 0.05) is 29.5 Å². The molecule has 0 bridgehead atoms. The maximum Gasteiger partial charge on any atom is 0.307 e. The monoisotopic (exact) mass is 431 g/mol. The lowest BCUT2D eigenvalue weighted by Crippen LogP contribution is -2.05. The first-order chi connectivity index (χ1) is 15.6. The van der Waals surface area contributed by atoms with Crippen molar-refractivity contribution in [2.24, 2.45) is 5.73 Å². The number of carboxylic acids is 1. The van der Waals surface area contributed by atoms with Gasteiger partial charge in [0.25, 0.3) is 0 Å². The van der Waals surface area contributed by atoms with Crippen LogP contribution in [-0.4, -0.2) is 22.8 Å². The second-order valence-electron chi connectivity index (χ2n) is 7.56. The number of furan rings is 1. The number of aliphatic hydroxyl groups excluding tert-OH is 1. The van der Waals surface area contributed by atoms with Crippen LogP contribution < -0.4 is 10.5 Å². The number of para-hydroxylation sites is 1. The van der Waals surface area contributed by atoms with E-state index in [2.05, 4.69) is 12.1 Å². The van der Waals surface area contributed by atoms with E-state index in [0.717, 1.165) is 27.6 Å². The Morgan fingerprint density at radius 1 is 1.00 bits per heavy atom. The highest BCUT2D eigenvalue weighted by Crippen LogP contribution is 2.32. The lowest BCUT2D eigenvalue weighted by molar-refractivity contribution is -0.136. The number of benzene rings is 3. The van der Waals surface area contributed by atoms with E-state index in [9.17, 15) is 9.90 Å². The predicted molar refractivity (Wildman–Crippen MR) is 122 cm³/mol. The third-order valence-corrected chi connectivity index (χ3v) is 5.40. The Balaban J connectivity index is 1.71. The molecule has 3 aromatic carbocycles. The summed E-state index contributed by atoms with van der Waals surface area (Å²) in [6, 6.07) is 21.1. The van der Waals surface area contributed by atoms with E-state index < -0.39 is 5.97 Å². The van der Waals surface area contributed by atoms with E-state index in [1.807, 2.05) is 36.4 Å². The summed E-state index contributed by atoms with van der Waals surface area (Å²) in [5, 5.41) is 19.6. The number of hydrogen-bond acceptors (Lipinski definition) is 5. The van der Waals surface area contributed by atoms with Crippen molar-refractivity contribution >= 4 is 16.9 Å². The molecule has 4 rings (SSSR count). The van der Waals surface area contributed by atoms with E-state index in [1.54, 1.807) is 18.2 Å². The van der Waals surface area contributed by atoms with E-state index >= 15 is 0 Å². The molecule has 1 heterocycles. The molecule has 1 aromatic heterocycles.